The van der Waals surface area contributed by atoms with Crippen LogP contribution in [0, 0.1) is 0 Å². The highest BCUT2D eigenvalue weighted by atomic mass is 32.2. The fourth-order valence-electron chi connectivity index (χ4n) is 3.24. The van der Waals surface area contributed by atoms with E-state index in [2.05, 4.69) is 10.2 Å². The number of ketones is 1. The van der Waals surface area contributed by atoms with E-state index in [1.165, 1.54) is 11.8 Å². The second kappa shape index (κ2) is 8.97. The number of rotatable bonds is 7. The minimum Gasteiger partial charge on any atom is -0.496 e. The van der Waals surface area contributed by atoms with Crippen LogP contribution in [0.25, 0.3) is 11.4 Å². The summed E-state index contributed by atoms with van der Waals surface area (Å²) >= 11 is 1.40. The van der Waals surface area contributed by atoms with Gasteiger partial charge in [0.25, 0.3) is 0 Å². The molecule has 0 N–H and O–H groups in total. The van der Waals surface area contributed by atoms with E-state index in [4.69, 9.17) is 4.74 Å². The fourth-order valence-corrected chi connectivity index (χ4v) is 4.32. The molecule has 3 aromatic carbocycles. The standard InChI is InChI=1S/C24H21N3O2S/c1-27-23(19-15-9-10-16-20(19)29-2)25-26-24(27)30-22(18-13-7-4-8-14-18)21(28)17-11-5-3-6-12-17/h3-16,22H,1-2H3/t22-/m1/s1. The molecule has 1 atom stereocenters. The summed E-state index contributed by atoms with van der Waals surface area (Å²) in [4.78, 5) is 13.3. The first kappa shape index (κ1) is 19.9. The molecule has 4 rings (SSSR count). The highest BCUT2D eigenvalue weighted by Crippen LogP contribution is 2.38. The molecule has 4 aromatic rings. The monoisotopic (exact) mass is 415 g/mol. The van der Waals surface area contributed by atoms with Gasteiger partial charge in [-0.15, -0.1) is 10.2 Å². The molecule has 0 saturated carbocycles. The third kappa shape index (κ3) is 4.00. The normalized spacial score (nSPS) is 11.8. The number of carbonyl (C=O) groups is 1. The molecule has 0 aliphatic carbocycles. The van der Waals surface area contributed by atoms with Crippen molar-refractivity contribution in [1.82, 2.24) is 14.8 Å². The summed E-state index contributed by atoms with van der Waals surface area (Å²) in [6, 6.07) is 26.8. The molecule has 0 unspecified atom stereocenters. The Hall–Kier alpha value is -3.38. The van der Waals surface area contributed by atoms with Crippen LogP contribution < -0.4 is 4.74 Å². The fraction of sp³-hybridized carbons (Fsp3) is 0.125. The second-order valence-electron chi connectivity index (χ2n) is 6.70. The van der Waals surface area contributed by atoms with Gasteiger partial charge in [-0.05, 0) is 17.7 Å². The van der Waals surface area contributed by atoms with E-state index in [1.54, 1.807) is 7.11 Å². The van der Waals surface area contributed by atoms with Crippen LogP contribution in [0.2, 0.25) is 0 Å². The Balaban J connectivity index is 1.71. The lowest BCUT2D eigenvalue weighted by Gasteiger charge is -2.16. The molecule has 30 heavy (non-hydrogen) atoms. The van der Waals surface area contributed by atoms with Gasteiger partial charge in [0.15, 0.2) is 16.8 Å². The van der Waals surface area contributed by atoms with Crippen molar-refractivity contribution in [2.75, 3.05) is 7.11 Å². The Morgan fingerprint density at radius 2 is 1.53 bits per heavy atom. The molecule has 0 amide bonds. The molecule has 0 aliphatic heterocycles. The number of methoxy groups -OCH3 is 1. The lowest BCUT2D eigenvalue weighted by atomic mass is 10.0. The van der Waals surface area contributed by atoms with Gasteiger partial charge < -0.3 is 9.30 Å². The van der Waals surface area contributed by atoms with Crippen LogP contribution >= 0.6 is 11.8 Å². The molecule has 150 valence electrons. The second-order valence-corrected chi connectivity index (χ2v) is 7.78. The Morgan fingerprint density at radius 3 is 2.23 bits per heavy atom. The molecule has 0 radical (unpaired) electrons. The number of carbonyl (C=O) groups excluding carboxylic acids is 1. The van der Waals surface area contributed by atoms with Crippen molar-refractivity contribution in [3.8, 4) is 17.1 Å². The maximum atomic E-state index is 13.3. The number of Topliss-reactive ketones (excluding diaryl/α,β-unsaturated/α-hetero) is 1. The summed E-state index contributed by atoms with van der Waals surface area (Å²) < 4.78 is 7.37. The van der Waals surface area contributed by atoms with Crippen molar-refractivity contribution >= 4 is 17.5 Å². The van der Waals surface area contributed by atoms with Gasteiger partial charge >= 0.3 is 0 Å². The number of aromatic nitrogens is 3. The summed E-state index contributed by atoms with van der Waals surface area (Å²) in [5.41, 5.74) is 2.46. The molecule has 0 saturated heterocycles. The van der Waals surface area contributed by atoms with Crippen molar-refractivity contribution in [3.63, 3.8) is 0 Å². The number of para-hydroxylation sites is 1. The maximum Gasteiger partial charge on any atom is 0.192 e. The Labute approximate surface area is 179 Å². The first-order valence-electron chi connectivity index (χ1n) is 9.52. The minimum atomic E-state index is -0.429. The van der Waals surface area contributed by atoms with Crippen LogP contribution in [0.4, 0.5) is 0 Å². The third-order valence-electron chi connectivity index (χ3n) is 4.80. The van der Waals surface area contributed by atoms with E-state index in [0.717, 1.165) is 16.9 Å². The van der Waals surface area contributed by atoms with Gasteiger partial charge in [-0.1, -0.05) is 84.6 Å². The molecule has 1 aromatic heterocycles. The molecule has 1 heterocycles. The predicted octanol–water partition coefficient (Wildman–Crippen LogP) is 5.21. The largest absolute Gasteiger partial charge is 0.496 e. The van der Waals surface area contributed by atoms with Gasteiger partial charge in [0.1, 0.15) is 11.0 Å². The van der Waals surface area contributed by atoms with Crippen LogP contribution in [0.5, 0.6) is 5.75 Å². The number of nitrogens with zero attached hydrogens (tertiary/aromatic N) is 3. The molecule has 0 fully saturated rings. The number of thioether (sulfide) groups is 1. The molecular formula is C24H21N3O2S. The lowest BCUT2D eigenvalue weighted by Crippen LogP contribution is -2.11. The summed E-state index contributed by atoms with van der Waals surface area (Å²) in [5.74, 6) is 1.45. The molecular weight excluding hydrogens is 394 g/mol. The minimum absolute atomic E-state index is 0.0358. The SMILES string of the molecule is COc1ccccc1-c1nnc(S[C@@H](C(=O)c2ccccc2)c2ccccc2)n1C. The topological polar surface area (TPSA) is 57.0 Å². The van der Waals surface area contributed by atoms with E-state index in [-0.39, 0.29) is 5.78 Å². The highest BCUT2D eigenvalue weighted by Gasteiger charge is 2.26. The van der Waals surface area contributed by atoms with E-state index in [1.807, 2.05) is 96.5 Å². The van der Waals surface area contributed by atoms with Gasteiger partial charge in [-0.3, -0.25) is 4.79 Å². The Bertz CT molecular complexity index is 1140. The quantitative estimate of drug-likeness (QED) is 0.306. The summed E-state index contributed by atoms with van der Waals surface area (Å²) in [5, 5.41) is 8.98. The first-order chi connectivity index (χ1) is 14.7. The molecule has 5 nitrogen and oxygen atoms in total. The molecule has 0 spiro atoms. The zero-order valence-electron chi connectivity index (χ0n) is 16.7. The van der Waals surface area contributed by atoms with Gasteiger partial charge in [0.2, 0.25) is 0 Å². The van der Waals surface area contributed by atoms with Gasteiger partial charge in [-0.25, -0.2) is 0 Å². The van der Waals surface area contributed by atoms with Crippen LogP contribution in [-0.4, -0.2) is 27.7 Å². The van der Waals surface area contributed by atoms with E-state index >= 15 is 0 Å². The number of benzene rings is 3. The zero-order chi connectivity index (χ0) is 20.9. The van der Waals surface area contributed by atoms with E-state index < -0.39 is 5.25 Å². The van der Waals surface area contributed by atoms with Crippen LogP contribution in [0.1, 0.15) is 21.2 Å². The molecule has 6 heteroatoms. The highest BCUT2D eigenvalue weighted by molar-refractivity contribution is 8.00. The van der Waals surface area contributed by atoms with E-state index in [0.29, 0.717) is 16.5 Å². The number of hydrogen-bond donors (Lipinski definition) is 0. The van der Waals surface area contributed by atoms with Crippen LogP contribution in [0.15, 0.2) is 90.1 Å². The predicted molar refractivity (Wildman–Crippen MR) is 119 cm³/mol. The summed E-state index contributed by atoms with van der Waals surface area (Å²) in [6.45, 7) is 0. The average molecular weight is 416 g/mol. The van der Waals surface area contributed by atoms with Gasteiger partial charge in [0, 0.05) is 12.6 Å². The third-order valence-corrected chi connectivity index (χ3v) is 6.09. The zero-order valence-corrected chi connectivity index (χ0v) is 17.5. The molecule has 0 aliphatic rings. The lowest BCUT2D eigenvalue weighted by molar-refractivity contribution is 0.0989. The number of ether oxygens (including phenoxy) is 1. The van der Waals surface area contributed by atoms with Crippen molar-refractivity contribution < 1.29 is 9.53 Å². The Kier molecular flexibility index (Phi) is 5.95. The summed E-state index contributed by atoms with van der Waals surface area (Å²) in [6.07, 6.45) is 0. The van der Waals surface area contributed by atoms with Crippen LogP contribution in [-0.2, 0) is 7.05 Å². The number of hydrogen-bond acceptors (Lipinski definition) is 5. The van der Waals surface area contributed by atoms with E-state index in [9.17, 15) is 4.79 Å². The van der Waals surface area contributed by atoms with Crippen molar-refractivity contribution in [2.24, 2.45) is 7.05 Å². The van der Waals surface area contributed by atoms with Crippen LogP contribution in [0.3, 0.4) is 0 Å². The first-order valence-corrected chi connectivity index (χ1v) is 10.4. The van der Waals surface area contributed by atoms with Crippen molar-refractivity contribution in [1.29, 1.82) is 0 Å². The Morgan fingerprint density at radius 1 is 0.900 bits per heavy atom. The smallest absolute Gasteiger partial charge is 0.192 e. The summed E-state index contributed by atoms with van der Waals surface area (Å²) in [7, 11) is 3.54. The van der Waals surface area contributed by atoms with Crippen molar-refractivity contribution in [2.45, 2.75) is 10.4 Å². The average Bonchev–Trinajstić information content (AvgIpc) is 3.18. The van der Waals surface area contributed by atoms with Gasteiger partial charge in [0.05, 0.1) is 12.7 Å². The maximum absolute atomic E-state index is 13.3. The van der Waals surface area contributed by atoms with Gasteiger partial charge in [-0.2, -0.15) is 0 Å². The molecule has 0 bridgehead atoms. The van der Waals surface area contributed by atoms with Crippen molar-refractivity contribution in [3.05, 3.63) is 96.1 Å².